The van der Waals surface area contributed by atoms with Crippen LogP contribution >= 0.6 is 11.3 Å². The van der Waals surface area contributed by atoms with E-state index in [1.54, 1.807) is 0 Å². The standard InChI is InChI=1S/C42H46N4O5S/c1-28-23-34(39(43-25-28)45-26-42(27-45)18-21-50-22-19-42)36(47)16-13-29-11-14-30(15-12-29)40(48)46-20-17-31-24-37(44-41(49)51-32-7-3-2-4-8-32)52-38(31)33-9-5-6-10-35(33)46/h5-6,9-12,14-15,23-25,32H,2-4,7-8,13,16-22,26-27H2,1H3,(H,44,49). The Bertz CT molecular complexity index is 1950. The number of thiophene rings is 1. The highest BCUT2D eigenvalue weighted by Crippen LogP contribution is 2.44. The van der Waals surface area contributed by atoms with Crippen LogP contribution in [-0.2, 0) is 22.3 Å². The van der Waals surface area contributed by atoms with Gasteiger partial charge in [0.15, 0.2) is 5.78 Å². The van der Waals surface area contributed by atoms with E-state index >= 15 is 0 Å². The Hall–Kier alpha value is -4.54. The molecule has 1 N–H and O–H groups in total. The number of ether oxygens (including phenoxy) is 2. The SMILES string of the molecule is Cc1cnc(N2CC3(CCOCC3)C2)c(C(=O)CCc2ccc(C(=O)N3CCc4cc(NC(=O)OC5CCCCC5)sc4-c4ccccc43)cc2)c1. The molecule has 0 atom stereocenters. The van der Waals surface area contributed by atoms with Crippen molar-refractivity contribution in [2.75, 3.05) is 48.0 Å². The molecule has 1 aliphatic carbocycles. The highest BCUT2D eigenvalue weighted by molar-refractivity contribution is 7.19. The van der Waals surface area contributed by atoms with Gasteiger partial charge in [-0.3, -0.25) is 14.9 Å². The van der Waals surface area contributed by atoms with Gasteiger partial charge < -0.3 is 19.3 Å². The summed E-state index contributed by atoms with van der Waals surface area (Å²) in [6.45, 7) is 5.96. The topological polar surface area (TPSA) is 101 Å². The number of aryl methyl sites for hydroxylation is 2. The van der Waals surface area contributed by atoms with Crippen molar-refractivity contribution >= 4 is 45.6 Å². The number of nitrogens with one attached hydrogen (secondary N) is 1. The van der Waals surface area contributed by atoms with Gasteiger partial charge in [0, 0.05) is 66.9 Å². The van der Waals surface area contributed by atoms with Crippen LogP contribution in [0, 0.1) is 12.3 Å². The summed E-state index contributed by atoms with van der Waals surface area (Å²) in [6.07, 6.45) is 10.5. The normalized spacial score (nSPS) is 18.2. The third-order valence-corrected chi connectivity index (χ3v) is 12.3. The smallest absolute Gasteiger partial charge is 0.412 e. The average Bonchev–Trinajstić information content (AvgIpc) is 3.48. The predicted octanol–water partition coefficient (Wildman–Crippen LogP) is 8.63. The second-order valence-corrected chi connectivity index (χ2v) is 16.0. The molecule has 3 fully saturated rings. The lowest BCUT2D eigenvalue weighted by Crippen LogP contribution is -2.59. The molecule has 4 aliphatic rings. The minimum Gasteiger partial charge on any atom is -0.446 e. The second kappa shape index (κ2) is 14.8. The molecule has 0 unspecified atom stereocenters. The van der Waals surface area contributed by atoms with Crippen molar-refractivity contribution in [2.24, 2.45) is 5.41 Å². The summed E-state index contributed by atoms with van der Waals surface area (Å²) in [6, 6.07) is 19.6. The van der Waals surface area contributed by atoms with Gasteiger partial charge >= 0.3 is 6.09 Å². The number of hydrogen-bond acceptors (Lipinski definition) is 8. The second-order valence-electron chi connectivity index (χ2n) is 15.0. The van der Waals surface area contributed by atoms with E-state index in [1.807, 2.05) is 78.7 Å². The Morgan fingerprint density at radius 1 is 1.00 bits per heavy atom. The Morgan fingerprint density at radius 3 is 2.56 bits per heavy atom. The number of pyridine rings is 1. The van der Waals surface area contributed by atoms with E-state index in [9.17, 15) is 14.4 Å². The number of Topliss-reactive ketones (excluding diaryl/α,β-unsaturated/α-hetero) is 1. The zero-order valence-electron chi connectivity index (χ0n) is 29.8. The highest BCUT2D eigenvalue weighted by Gasteiger charge is 2.45. The largest absolute Gasteiger partial charge is 0.446 e. The van der Waals surface area contributed by atoms with Crippen LogP contribution in [0.5, 0.6) is 0 Å². The van der Waals surface area contributed by atoms with Crippen molar-refractivity contribution < 1.29 is 23.9 Å². The Kier molecular flexibility index (Phi) is 9.85. The van der Waals surface area contributed by atoms with Gasteiger partial charge in [0.25, 0.3) is 5.91 Å². The third kappa shape index (κ3) is 7.23. The van der Waals surface area contributed by atoms with E-state index < -0.39 is 6.09 Å². The van der Waals surface area contributed by atoms with Crippen molar-refractivity contribution in [3.05, 3.63) is 94.7 Å². The fraction of sp³-hybridized carbons (Fsp3) is 0.429. The van der Waals surface area contributed by atoms with E-state index in [0.717, 1.165) is 108 Å². The lowest BCUT2D eigenvalue weighted by atomic mass is 9.73. The third-order valence-electron chi connectivity index (χ3n) is 11.2. The van der Waals surface area contributed by atoms with Crippen LogP contribution in [-0.4, -0.2) is 61.7 Å². The van der Waals surface area contributed by atoms with Crippen molar-refractivity contribution in [1.29, 1.82) is 0 Å². The molecule has 0 bridgehead atoms. The van der Waals surface area contributed by atoms with Crippen LogP contribution in [0.25, 0.3) is 10.4 Å². The minimum atomic E-state index is -0.395. The summed E-state index contributed by atoms with van der Waals surface area (Å²) in [5.41, 5.74) is 6.51. The summed E-state index contributed by atoms with van der Waals surface area (Å²) in [5.74, 6) is 0.824. The first-order chi connectivity index (χ1) is 25.3. The maximum absolute atomic E-state index is 14.0. The van der Waals surface area contributed by atoms with E-state index in [2.05, 4.69) is 10.2 Å². The van der Waals surface area contributed by atoms with Crippen LogP contribution in [0.15, 0.2) is 66.9 Å². The molecule has 10 heteroatoms. The molecule has 2 amide bonds. The maximum atomic E-state index is 14.0. The zero-order chi connectivity index (χ0) is 35.7. The molecule has 2 aromatic carbocycles. The molecule has 1 spiro atoms. The minimum absolute atomic E-state index is 0.00593. The summed E-state index contributed by atoms with van der Waals surface area (Å²) in [5, 5.41) is 3.72. The Morgan fingerprint density at radius 2 is 1.77 bits per heavy atom. The van der Waals surface area contributed by atoms with Gasteiger partial charge in [-0.15, -0.1) is 11.3 Å². The molecular formula is C42H46N4O5S. The fourth-order valence-corrected chi connectivity index (χ4v) is 9.38. The highest BCUT2D eigenvalue weighted by atomic mass is 32.1. The molecule has 0 radical (unpaired) electrons. The number of carbonyl (C=O) groups is 3. The number of nitrogens with zero attached hydrogens (tertiary/aromatic N) is 3. The Labute approximate surface area is 309 Å². The van der Waals surface area contributed by atoms with Gasteiger partial charge in [-0.05, 0) is 105 Å². The van der Waals surface area contributed by atoms with E-state index in [-0.39, 0.29) is 23.2 Å². The summed E-state index contributed by atoms with van der Waals surface area (Å²) < 4.78 is 11.3. The first-order valence-electron chi connectivity index (χ1n) is 18.8. The monoisotopic (exact) mass is 718 g/mol. The lowest BCUT2D eigenvalue weighted by molar-refractivity contribution is -0.000516. The first-order valence-corrected chi connectivity index (χ1v) is 19.6. The quantitative estimate of drug-likeness (QED) is 0.182. The van der Waals surface area contributed by atoms with Crippen molar-refractivity contribution in [2.45, 2.75) is 77.2 Å². The van der Waals surface area contributed by atoms with E-state index in [4.69, 9.17) is 14.5 Å². The van der Waals surface area contributed by atoms with E-state index in [0.29, 0.717) is 36.9 Å². The van der Waals surface area contributed by atoms with Gasteiger partial charge in [0.05, 0.1) is 16.3 Å². The molecule has 2 aromatic heterocycles. The zero-order valence-corrected chi connectivity index (χ0v) is 30.6. The number of anilines is 3. The molecule has 4 aromatic rings. The van der Waals surface area contributed by atoms with Crippen molar-refractivity contribution in [3.8, 4) is 10.4 Å². The predicted molar refractivity (Wildman–Crippen MR) is 205 cm³/mol. The molecule has 1 saturated carbocycles. The molecule has 270 valence electrons. The molecule has 2 saturated heterocycles. The number of carbonyl (C=O) groups excluding carboxylic acids is 3. The van der Waals surface area contributed by atoms with Crippen molar-refractivity contribution in [1.82, 2.24) is 4.98 Å². The maximum Gasteiger partial charge on any atom is 0.412 e. The number of amides is 2. The number of aromatic nitrogens is 1. The fourth-order valence-electron chi connectivity index (χ4n) is 8.25. The van der Waals surface area contributed by atoms with Gasteiger partial charge in [0.1, 0.15) is 11.9 Å². The van der Waals surface area contributed by atoms with E-state index in [1.165, 1.54) is 17.8 Å². The van der Waals surface area contributed by atoms with Gasteiger partial charge in [-0.25, -0.2) is 9.78 Å². The summed E-state index contributed by atoms with van der Waals surface area (Å²) in [4.78, 5) is 50.2. The van der Waals surface area contributed by atoms with Gasteiger partial charge in [0.2, 0.25) is 0 Å². The summed E-state index contributed by atoms with van der Waals surface area (Å²) >= 11 is 1.52. The van der Waals surface area contributed by atoms with Gasteiger partial charge in [-0.2, -0.15) is 0 Å². The number of hydrogen-bond donors (Lipinski definition) is 1. The molecule has 8 rings (SSSR count). The van der Waals surface area contributed by atoms with Gasteiger partial charge in [-0.1, -0.05) is 36.8 Å². The Balaban J connectivity index is 0.912. The number of ketones is 1. The van der Waals surface area contributed by atoms with Crippen molar-refractivity contribution in [3.63, 3.8) is 0 Å². The number of para-hydroxylation sites is 1. The molecule has 3 aliphatic heterocycles. The van der Waals surface area contributed by atoms with Crippen LogP contribution in [0.1, 0.15) is 88.8 Å². The first kappa shape index (κ1) is 34.5. The molecule has 9 nitrogen and oxygen atoms in total. The molecular weight excluding hydrogens is 673 g/mol. The molecule has 52 heavy (non-hydrogen) atoms. The van der Waals surface area contributed by atoms with Crippen LogP contribution in [0.3, 0.4) is 0 Å². The summed E-state index contributed by atoms with van der Waals surface area (Å²) in [7, 11) is 0. The molecule has 5 heterocycles. The number of fused-ring (bicyclic) bond motifs is 3. The van der Waals surface area contributed by atoms with Crippen LogP contribution in [0.2, 0.25) is 0 Å². The number of rotatable bonds is 8. The lowest BCUT2D eigenvalue weighted by Gasteiger charge is -2.53. The number of benzene rings is 2. The van der Waals surface area contributed by atoms with Crippen LogP contribution in [0.4, 0.5) is 21.3 Å². The average molecular weight is 719 g/mol. The van der Waals surface area contributed by atoms with Crippen LogP contribution < -0.4 is 15.1 Å².